The van der Waals surface area contributed by atoms with Crippen molar-refractivity contribution < 1.29 is 9.59 Å². The van der Waals surface area contributed by atoms with Gasteiger partial charge >= 0.3 is 0 Å². The Hall–Kier alpha value is -1.64. The third-order valence-corrected chi connectivity index (χ3v) is 3.30. The van der Waals surface area contributed by atoms with Crippen molar-refractivity contribution in [1.29, 1.82) is 0 Å². The maximum absolute atomic E-state index is 12.0. The molecule has 0 saturated carbocycles. The Labute approximate surface area is 101 Å². The Morgan fingerprint density at radius 1 is 1.29 bits per heavy atom. The molecule has 1 saturated heterocycles. The average molecular weight is 231 g/mol. The summed E-state index contributed by atoms with van der Waals surface area (Å²) in [5, 5.41) is 0. The van der Waals surface area contributed by atoms with Crippen molar-refractivity contribution in [3.8, 4) is 0 Å². The highest BCUT2D eigenvalue weighted by atomic mass is 16.2. The van der Waals surface area contributed by atoms with Crippen LogP contribution in [0.4, 0.5) is 0 Å². The average Bonchev–Trinajstić information content (AvgIpc) is 2.78. The largest absolute Gasteiger partial charge is 0.340 e. The Bertz CT molecular complexity index is 413. The maximum atomic E-state index is 12.0. The fourth-order valence-electron chi connectivity index (χ4n) is 2.42. The lowest BCUT2D eigenvalue weighted by molar-refractivity contribution is -0.129. The monoisotopic (exact) mass is 231 g/mol. The Balaban J connectivity index is 2.02. The fourth-order valence-corrected chi connectivity index (χ4v) is 2.42. The first-order valence-corrected chi connectivity index (χ1v) is 6.04. The lowest BCUT2D eigenvalue weighted by Crippen LogP contribution is -2.35. The van der Waals surface area contributed by atoms with Gasteiger partial charge in [0.2, 0.25) is 5.91 Å². The summed E-state index contributed by atoms with van der Waals surface area (Å²) >= 11 is 0. The van der Waals surface area contributed by atoms with E-state index in [0.717, 1.165) is 24.9 Å². The quantitative estimate of drug-likeness (QED) is 0.748. The summed E-state index contributed by atoms with van der Waals surface area (Å²) < 4.78 is 0. The molecule has 0 radical (unpaired) electrons. The highest BCUT2D eigenvalue weighted by Crippen LogP contribution is 2.21. The standard InChI is InChI=1S/C14H17NO2/c1-11(16)15-9-5-8-13(15)10-14(17)12-6-3-2-4-7-12/h2-4,6-7,13H,5,8-10H2,1H3. The molecule has 1 aliphatic rings. The summed E-state index contributed by atoms with van der Waals surface area (Å²) in [6.45, 7) is 2.37. The SMILES string of the molecule is CC(=O)N1CCCC1CC(=O)c1ccccc1. The normalized spacial score (nSPS) is 19.4. The summed E-state index contributed by atoms with van der Waals surface area (Å²) in [7, 11) is 0. The van der Waals surface area contributed by atoms with E-state index in [1.807, 2.05) is 35.2 Å². The summed E-state index contributed by atoms with van der Waals surface area (Å²) in [5.74, 6) is 0.206. The van der Waals surface area contributed by atoms with Gasteiger partial charge in [0.1, 0.15) is 0 Å². The number of rotatable bonds is 3. The number of benzene rings is 1. The predicted octanol–water partition coefficient (Wildman–Crippen LogP) is 2.27. The first-order valence-electron chi connectivity index (χ1n) is 6.04. The van der Waals surface area contributed by atoms with Crippen molar-refractivity contribution in [1.82, 2.24) is 4.90 Å². The minimum absolute atomic E-state index is 0.0772. The summed E-state index contributed by atoms with van der Waals surface area (Å²) in [6.07, 6.45) is 2.40. The summed E-state index contributed by atoms with van der Waals surface area (Å²) in [4.78, 5) is 25.2. The van der Waals surface area contributed by atoms with Gasteiger partial charge in [-0.15, -0.1) is 0 Å². The summed E-state index contributed by atoms with van der Waals surface area (Å²) in [6, 6.07) is 9.38. The number of hydrogen-bond acceptors (Lipinski definition) is 2. The predicted molar refractivity (Wildman–Crippen MR) is 65.8 cm³/mol. The van der Waals surface area contributed by atoms with E-state index < -0.39 is 0 Å². The number of ketones is 1. The Kier molecular flexibility index (Phi) is 3.57. The van der Waals surface area contributed by atoms with Gasteiger partial charge in [-0.25, -0.2) is 0 Å². The number of carbonyl (C=O) groups is 2. The van der Waals surface area contributed by atoms with E-state index >= 15 is 0 Å². The number of carbonyl (C=O) groups excluding carboxylic acids is 2. The molecule has 1 aromatic carbocycles. The van der Waals surface area contributed by atoms with E-state index in [-0.39, 0.29) is 17.7 Å². The van der Waals surface area contributed by atoms with Crippen molar-refractivity contribution in [3.63, 3.8) is 0 Å². The van der Waals surface area contributed by atoms with Gasteiger partial charge < -0.3 is 4.90 Å². The van der Waals surface area contributed by atoms with Crippen LogP contribution in [0, 0.1) is 0 Å². The molecule has 0 aliphatic carbocycles. The van der Waals surface area contributed by atoms with Crippen LogP contribution in [0.2, 0.25) is 0 Å². The van der Waals surface area contributed by atoms with Crippen LogP contribution in [0.25, 0.3) is 0 Å². The van der Waals surface area contributed by atoms with Gasteiger partial charge in [-0.05, 0) is 12.8 Å². The second-order valence-corrected chi connectivity index (χ2v) is 4.50. The molecule has 90 valence electrons. The highest BCUT2D eigenvalue weighted by Gasteiger charge is 2.28. The molecule has 0 bridgehead atoms. The van der Waals surface area contributed by atoms with Crippen LogP contribution in [-0.2, 0) is 4.79 Å². The molecule has 0 aromatic heterocycles. The maximum Gasteiger partial charge on any atom is 0.219 e. The molecule has 3 heteroatoms. The van der Waals surface area contributed by atoms with E-state index in [9.17, 15) is 9.59 Å². The number of nitrogens with zero attached hydrogens (tertiary/aromatic N) is 1. The molecule has 2 rings (SSSR count). The molecule has 1 aliphatic heterocycles. The zero-order valence-corrected chi connectivity index (χ0v) is 10.1. The molecule has 1 heterocycles. The lowest BCUT2D eigenvalue weighted by Gasteiger charge is -2.22. The van der Waals surface area contributed by atoms with Gasteiger partial charge in [0.15, 0.2) is 5.78 Å². The highest BCUT2D eigenvalue weighted by molar-refractivity contribution is 5.96. The first kappa shape index (κ1) is 11.8. The molecule has 1 amide bonds. The smallest absolute Gasteiger partial charge is 0.219 e. The summed E-state index contributed by atoms with van der Waals surface area (Å²) in [5.41, 5.74) is 0.739. The zero-order chi connectivity index (χ0) is 12.3. The molecular weight excluding hydrogens is 214 g/mol. The molecular formula is C14H17NO2. The van der Waals surface area contributed by atoms with Gasteiger partial charge in [-0.1, -0.05) is 30.3 Å². The van der Waals surface area contributed by atoms with Crippen LogP contribution in [0.5, 0.6) is 0 Å². The number of Topliss-reactive ketones (excluding diaryl/α,β-unsaturated/α-hetero) is 1. The topological polar surface area (TPSA) is 37.4 Å². The molecule has 0 spiro atoms. The van der Waals surface area contributed by atoms with E-state index in [4.69, 9.17) is 0 Å². The number of likely N-dealkylation sites (tertiary alicyclic amines) is 1. The minimum Gasteiger partial charge on any atom is -0.340 e. The molecule has 1 fully saturated rings. The third-order valence-electron chi connectivity index (χ3n) is 3.30. The zero-order valence-electron chi connectivity index (χ0n) is 10.1. The van der Waals surface area contributed by atoms with Crippen molar-refractivity contribution in [2.45, 2.75) is 32.2 Å². The van der Waals surface area contributed by atoms with Crippen LogP contribution in [0.1, 0.15) is 36.5 Å². The van der Waals surface area contributed by atoms with Gasteiger partial charge in [-0.3, -0.25) is 9.59 Å². The van der Waals surface area contributed by atoms with Crippen molar-refractivity contribution in [2.24, 2.45) is 0 Å². The fraction of sp³-hybridized carbons (Fsp3) is 0.429. The van der Waals surface area contributed by atoms with E-state index in [1.54, 1.807) is 6.92 Å². The van der Waals surface area contributed by atoms with E-state index in [2.05, 4.69) is 0 Å². The van der Waals surface area contributed by atoms with Crippen LogP contribution in [0.15, 0.2) is 30.3 Å². The van der Waals surface area contributed by atoms with E-state index in [1.165, 1.54) is 0 Å². The minimum atomic E-state index is 0.0772. The van der Waals surface area contributed by atoms with Crippen LogP contribution >= 0.6 is 0 Å². The second kappa shape index (κ2) is 5.13. The third kappa shape index (κ3) is 2.73. The van der Waals surface area contributed by atoms with Crippen molar-refractivity contribution in [3.05, 3.63) is 35.9 Å². The number of hydrogen-bond donors (Lipinski definition) is 0. The van der Waals surface area contributed by atoms with Gasteiger partial charge in [0.05, 0.1) is 0 Å². The molecule has 1 unspecified atom stereocenters. The molecule has 1 atom stereocenters. The van der Waals surface area contributed by atoms with E-state index in [0.29, 0.717) is 6.42 Å². The first-order chi connectivity index (χ1) is 8.18. The lowest BCUT2D eigenvalue weighted by atomic mass is 10.0. The Morgan fingerprint density at radius 2 is 2.00 bits per heavy atom. The van der Waals surface area contributed by atoms with Crippen molar-refractivity contribution in [2.75, 3.05) is 6.54 Å². The van der Waals surface area contributed by atoms with Crippen LogP contribution < -0.4 is 0 Å². The Morgan fingerprint density at radius 3 is 2.65 bits per heavy atom. The molecule has 0 N–H and O–H groups in total. The molecule has 3 nitrogen and oxygen atoms in total. The molecule has 17 heavy (non-hydrogen) atoms. The number of amides is 1. The van der Waals surface area contributed by atoms with Gasteiger partial charge in [-0.2, -0.15) is 0 Å². The van der Waals surface area contributed by atoms with Crippen molar-refractivity contribution >= 4 is 11.7 Å². The van der Waals surface area contributed by atoms with Gasteiger partial charge in [0, 0.05) is 31.5 Å². The van der Waals surface area contributed by atoms with Crippen LogP contribution in [0.3, 0.4) is 0 Å². The molecule has 1 aromatic rings. The van der Waals surface area contributed by atoms with Gasteiger partial charge in [0.25, 0.3) is 0 Å². The van der Waals surface area contributed by atoms with Crippen LogP contribution in [-0.4, -0.2) is 29.2 Å². The second-order valence-electron chi connectivity index (χ2n) is 4.50.